The molecule has 1 N–H and O–H groups in total. The minimum absolute atomic E-state index is 0.129. The molecule has 1 amide bonds. The Morgan fingerprint density at radius 1 is 1.00 bits per heavy atom. The second-order valence-electron chi connectivity index (χ2n) is 6.10. The topological polar surface area (TPSA) is 77.5 Å². The maximum atomic E-state index is 13.0. The predicted molar refractivity (Wildman–Crippen MR) is 105 cm³/mol. The molecule has 3 aromatic rings. The van der Waals surface area contributed by atoms with Crippen molar-refractivity contribution in [3.05, 3.63) is 89.7 Å². The van der Waals surface area contributed by atoms with Crippen molar-refractivity contribution in [3.8, 4) is 5.75 Å². The van der Waals surface area contributed by atoms with Gasteiger partial charge in [0, 0.05) is 11.8 Å². The Morgan fingerprint density at radius 2 is 1.75 bits per heavy atom. The summed E-state index contributed by atoms with van der Waals surface area (Å²) in [6.07, 6.45) is 0.354. The number of anilines is 1. The summed E-state index contributed by atoms with van der Waals surface area (Å²) in [4.78, 5) is 29.4. The monoisotopic (exact) mass is 376 g/mol. The van der Waals surface area contributed by atoms with Crippen LogP contribution in [0.3, 0.4) is 0 Å². The van der Waals surface area contributed by atoms with Crippen molar-refractivity contribution in [1.29, 1.82) is 0 Å². The van der Waals surface area contributed by atoms with Crippen molar-refractivity contribution in [3.63, 3.8) is 0 Å². The second kappa shape index (κ2) is 8.81. The molecule has 6 heteroatoms. The van der Waals surface area contributed by atoms with Gasteiger partial charge in [-0.3, -0.25) is 4.79 Å². The largest absolute Gasteiger partial charge is 0.495 e. The van der Waals surface area contributed by atoms with Crippen LogP contribution in [0, 0.1) is 6.92 Å². The molecular weight excluding hydrogens is 356 g/mol. The van der Waals surface area contributed by atoms with Gasteiger partial charge in [-0.25, -0.2) is 9.78 Å². The van der Waals surface area contributed by atoms with Crippen molar-refractivity contribution in [2.75, 3.05) is 12.4 Å². The molecule has 0 fully saturated rings. The number of esters is 1. The molecule has 0 bridgehead atoms. The zero-order valence-corrected chi connectivity index (χ0v) is 15.6. The standard InChI is InChI=1S/C22H20N2O4/c1-15-11-12-19(27-2)18(14-15)24-21(25)20(16-8-4-3-5-9-16)28-22(26)17-10-6-7-13-23-17/h3-14,20H,1-2H3,(H,24,25)/t20-/m0/s1. The summed E-state index contributed by atoms with van der Waals surface area (Å²) in [5.41, 5.74) is 2.14. The molecule has 142 valence electrons. The Labute approximate surface area is 163 Å². The third-order valence-electron chi connectivity index (χ3n) is 4.05. The van der Waals surface area contributed by atoms with E-state index in [4.69, 9.17) is 9.47 Å². The summed E-state index contributed by atoms with van der Waals surface area (Å²) in [6, 6.07) is 19.2. The molecule has 0 saturated carbocycles. The number of benzene rings is 2. The zero-order valence-electron chi connectivity index (χ0n) is 15.6. The number of nitrogens with one attached hydrogen (secondary N) is 1. The third kappa shape index (κ3) is 4.54. The Kier molecular flexibility index (Phi) is 6.01. The highest BCUT2D eigenvalue weighted by atomic mass is 16.5. The molecule has 1 heterocycles. The lowest BCUT2D eigenvalue weighted by atomic mass is 10.1. The number of hydrogen-bond acceptors (Lipinski definition) is 5. The molecule has 0 aliphatic carbocycles. The molecule has 6 nitrogen and oxygen atoms in total. The van der Waals surface area contributed by atoms with Crippen LogP contribution in [0.4, 0.5) is 5.69 Å². The Bertz CT molecular complexity index is 959. The van der Waals surface area contributed by atoms with E-state index >= 15 is 0 Å². The average molecular weight is 376 g/mol. The van der Waals surface area contributed by atoms with E-state index in [2.05, 4.69) is 10.3 Å². The summed E-state index contributed by atoms with van der Waals surface area (Å²) in [5.74, 6) is -0.651. The van der Waals surface area contributed by atoms with Gasteiger partial charge in [0.15, 0.2) is 0 Å². The maximum absolute atomic E-state index is 13.0. The number of carbonyl (C=O) groups is 2. The SMILES string of the molecule is COc1ccc(C)cc1NC(=O)[C@@H](OC(=O)c1ccccn1)c1ccccc1. The first kappa shape index (κ1) is 19.1. The minimum Gasteiger partial charge on any atom is -0.495 e. The smallest absolute Gasteiger partial charge is 0.358 e. The summed E-state index contributed by atoms with van der Waals surface area (Å²) >= 11 is 0. The van der Waals surface area contributed by atoms with Crippen molar-refractivity contribution in [1.82, 2.24) is 4.98 Å². The fourth-order valence-electron chi connectivity index (χ4n) is 2.67. The van der Waals surface area contributed by atoms with Gasteiger partial charge in [-0.15, -0.1) is 0 Å². The molecule has 0 aliphatic heterocycles. The summed E-state index contributed by atoms with van der Waals surface area (Å²) in [5, 5.41) is 2.80. The normalized spacial score (nSPS) is 11.4. The van der Waals surface area contributed by atoms with Crippen LogP contribution in [0.25, 0.3) is 0 Å². The van der Waals surface area contributed by atoms with Crippen LogP contribution in [-0.4, -0.2) is 24.0 Å². The van der Waals surface area contributed by atoms with Crippen molar-refractivity contribution in [2.24, 2.45) is 0 Å². The van der Waals surface area contributed by atoms with Crippen molar-refractivity contribution >= 4 is 17.6 Å². The minimum atomic E-state index is -1.14. The highest BCUT2D eigenvalue weighted by molar-refractivity contribution is 5.98. The van der Waals surface area contributed by atoms with Gasteiger partial charge in [-0.05, 0) is 36.8 Å². The Morgan fingerprint density at radius 3 is 2.43 bits per heavy atom. The molecule has 2 aromatic carbocycles. The fourth-order valence-corrected chi connectivity index (χ4v) is 2.67. The lowest BCUT2D eigenvalue weighted by Gasteiger charge is -2.19. The van der Waals surface area contributed by atoms with E-state index in [-0.39, 0.29) is 5.69 Å². The number of pyridine rings is 1. The van der Waals surface area contributed by atoms with Gasteiger partial charge in [0.1, 0.15) is 11.4 Å². The first-order chi connectivity index (χ1) is 13.6. The molecule has 1 aromatic heterocycles. The molecule has 0 saturated heterocycles. The molecule has 0 aliphatic rings. The zero-order chi connectivity index (χ0) is 19.9. The maximum Gasteiger partial charge on any atom is 0.358 e. The van der Waals surface area contributed by atoms with E-state index in [1.54, 1.807) is 48.5 Å². The van der Waals surface area contributed by atoms with E-state index in [1.807, 2.05) is 19.1 Å². The summed E-state index contributed by atoms with van der Waals surface area (Å²) in [6.45, 7) is 1.91. The number of nitrogens with zero attached hydrogens (tertiary/aromatic N) is 1. The number of hydrogen-bond donors (Lipinski definition) is 1. The third-order valence-corrected chi connectivity index (χ3v) is 4.05. The molecular formula is C22H20N2O4. The van der Waals surface area contributed by atoms with E-state index in [0.29, 0.717) is 17.0 Å². The molecule has 0 spiro atoms. The van der Waals surface area contributed by atoms with E-state index in [0.717, 1.165) is 5.56 Å². The number of carbonyl (C=O) groups excluding carboxylic acids is 2. The van der Waals surface area contributed by atoms with Gasteiger partial charge in [0.05, 0.1) is 12.8 Å². The van der Waals surface area contributed by atoms with Gasteiger partial charge >= 0.3 is 5.97 Å². The number of aryl methyl sites for hydroxylation is 1. The van der Waals surface area contributed by atoms with Crippen LogP contribution in [0.5, 0.6) is 5.75 Å². The van der Waals surface area contributed by atoms with Gasteiger partial charge in [-0.1, -0.05) is 42.5 Å². The van der Waals surface area contributed by atoms with Crippen LogP contribution in [0.1, 0.15) is 27.7 Å². The quantitative estimate of drug-likeness (QED) is 0.660. The van der Waals surface area contributed by atoms with Crippen molar-refractivity contribution in [2.45, 2.75) is 13.0 Å². The highest BCUT2D eigenvalue weighted by Gasteiger charge is 2.27. The average Bonchev–Trinajstić information content (AvgIpc) is 2.73. The Balaban J connectivity index is 1.88. The van der Waals surface area contributed by atoms with E-state index in [9.17, 15) is 9.59 Å². The predicted octanol–water partition coefficient (Wildman–Crippen LogP) is 3.94. The van der Waals surface area contributed by atoms with Crippen LogP contribution >= 0.6 is 0 Å². The lowest BCUT2D eigenvalue weighted by molar-refractivity contribution is -0.125. The number of rotatable bonds is 6. The highest BCUT2D eigenvalue weighted by Crippen LogP contribution is 2.28. The summed E-state index contributed by atoms with van der Waals surface area (Å²) in [7, 11) is 1.52. The van der Waals surface area contributed by atoms with Crippen LogP contribution < -0.4 is 10.1 Å². The first-order valence-electron chi connectivity index (χ1n) is 8.71. The lowest BCUT2D eigenvalue weighted by Crippen LogP contribution is -2.26. The van der Waals surface area contributed by atoms with Gasteiger partial charge in [0.2, 0.25) is 6.10 Å². The van der Waals surface area contributed by atoms with Gasteiger partial charge < -0.3 is 14.8 Å². The number of aromatic nitrogens is 1. The van der Waals surface area contributed by atoms with Crippen LogP contribution in [0.15, 0.2) is 72.9 Å². The van der Waals surface area contributed by atoms with Crippen molar-refractivity contribution < 1.29 is 19.1 Å². The second-order valence-corrected chi connectivity index (χ2v) is 6.10. The molecule has 1 atom stereocenters. The number of methoxy groups -OCH3 is 1. The van der Waals surface area contributed by atoms with Crippen LogP contribution in [-0.2, 0) is 9.53 Å². The molecule has 0 unspecified atom stereocenters. The number of ether oxygens (including phenoxy) is 2. The van der Waals surface area contributed by atoms with E-state index in [1.165, 1.54) is 19.4 Å². The molecule has 28 heavy (non-hydrogen) atoms. The summed E-state index contributed by atoms with van der Waals surface area (Å²) < 4.78 is 10.8. The Hall–Kier alpha value is -3.67. The number of amides is 1. The first-order valence-corrected chi connectivity index (χ1v) is 8.71. The van der Waals surface area contributed by atoms with Gasteiger partial charge in [0.25, 0.3) is 5.91 Å². The molecule has 3 rings (SSSR count). The van der Waals surface area contributed by atoms with E-state index < -0.39 is 18.0 Å². The molecule has 0 radical (unpaired) electrons. The fraction of sp³-hybridized carbons (Fsp3) is 0.136. The van der Waals surface area contributed by atoms with Gasteiger partial charge in [-0.2, -0.15) is 0 Å². The van der Waals surface area contributed by atoms with Crippen LogP contribution in [0.2, 0.25) is 0 Å².